The van der Waals surface area contributed by atoms with Gasteiger partial charge in [0, 0.05) is 24.4 Å². The molecule has 13 heteroatoms. The molecule has 1 aromatic carbocycles. The molecule has 0 aromatic heterocycles. The number of nitrogens with zero attached hydrogens (tertiary/aromatic N) is 2. The molecule has 4 aliphatic rings. The maximum Gasteiger partial charge on any atom is 0.303 e. The van der Waals surface area contributed by atoms with Gasteiger partial charge in [-0.25, -0.2) is 4.39 Å². The van der Waals surface area contributed by atoms with E-state index in [1.165, 1.54) is 17.0 Å². The Hall–Kier alpha value is -2.50. The summed E-state index contributed by atoms with van der Waals surface area (Å²) in [4.78, 5) is 62.9. The van der Waals surface area contributed by atoms with E-state index in [1.54, 1.807) is 6.08 Å². The number of hydrogen-bond acceptors (Lipinski definition) is 6. The van der Waals surface area contributed by atoms with Gasteiger partial charge >= 0.3 is 5.97 Å². The molecule has 1 saturated carbocycles. The van der Waals surface area contributed by atoms with Crippen molar-refractivity contribution in [2.24, 2.45) is 17.8 Å². The third-order valence-corrected chi connectivity index (χ3v) is 10.6. The van der Waals surface area contributed by atoms with Crippen molar-refractivity contribution in [1.29, 1.82) is 0 Å². The largest absolute Gasteiger partial charge is 0.505 e. The number of aromatic hydroxyl groups is 1. The monoisotopic (exact) mass is 658 g/mol. The molecular weight excluding hydrogens is 634 g/mol. The van der Waals surface area contributed by atoms with Crippen molar-refractivity contribution < 1.29 is 38.6 Å². The van der Waals surface area contributed by atoms with E-state index in [1.807, 2.05) is 0 Å². The molecule has 5 rings (SSSR count). The maximum atomic E-state index is 14.6. The number of phenolic OH excluding ortho intramolecular Hbond substituents is 1. The van der Waals surface area contributed by atoms with Crippen LogP contribution in [0.5, 0.6) is 5.75 Å². The van der Waals surface area contributed by atoms with Crippen LogP contribution >= 0.6 is 39.1 Å². The number of fused-ring (bicyclic) bond motifs is 4. The van der Waals surface area contributed by atoms with Crippen molar-refractivity contribution in [3.05, 3.63) is 41.2 Å². The number of carbonyl (C=O) groups excluding carboxylic acids is 4. The minimum atomic E-state index is -2.13. The first kappa shape index (κ1) is 29.0. The van der Waals surface area contributed by atoms with Crippen LogP contribution < -0.4 is 0 Å². The Morgan fingerprint density at radius 1 is 1.05 bits per heavy atom. The molecule has 0 spiro atoms. The fraction of sp³-hybridized carbons (Fsp3) is 0.519. The third-order valence-electron chi connectivity index (χ3n) is 8.71. The second-order valence-corrected chi connectivity index (χ2v) is 12.4. The van der Waals surface area contributed by atoms with Crippen LogP contribution in [0.4, 0.5) is 4.39 Å². The summed E-state index contributed by atoms with van der Waals surface area (Å²) in [6.07, 6.45) is 3.01. The van der Waals surface area contributed by atoms with Crippen LogP contribution in [0.15, 0.2) is 29.8 Å². The summed E-state index contributed by atoms with van der Waals surface area (Å²) < 4.78 is 14.6. The molecule has 3 fully saturated rings. The number of amides is 4. The fourth-order valence-corrected chi connectivity index (χ4v) is 8.29. The number of para-hydroxylation sites is 1. The minimum absolute atomic E-state index is 0.00699. The third kappa shape index (κ3) is 4.02. The summed E-state index contributed by atoms with van der Waals surface area (Å²) in [5.74, 6) is -8.65. The number of carboxylic acid groups (broad SMARTS) is 1. The van der Waals surface area contributed by atoms with Gasteiger partial charge in [-0.05, 0) is 37.7 Å². The zero-order valence-electron chi connectivity index (χ0n) is 21.1. The topological polar surface area (TPSA) is 132 Å². The lowest BCUT2D eigenvalue weighted by Gasteiger charge is -2.50. The van der Waals surface area contributed by atoms with Gasteiger partial charge in [0.2, 0.25) is 11.8 Å². The van der Waals surface area contributed by atoms with Crippen LogP contribution in [0.25, 0.3) is 0 Å². The van der Waals surface area contributed by atoms with Gasteiger partial charge in [-0.15, -0.1) is 23.2 Å². The quantitative estimate of drug-likeness (QED) is 0.142. The van der Waals surface area contributed by atoms with Crippen molar-refractivity contribution in [3.8, 4) is 5.75 Å². The number of carbonyl (C=O) groups is 5. The molecule has 0 unspecified atom stereocenters. The highest BCUT2D eigenvalue weighted by atomic mass is 79.9. The van der Waals surface area contributed by atoms with Crippen LogP contribution in [-0.2, 0) is 24.0 Å². The second-order valence-electron chi connectivity index (χ2n) is 10.7. The van der Waals surface area contributed by atoms with Crippen LogP contribution in [-0.4, -0.2) is 71.4 Å². The molecule has 40 heavy (non-hydrogen) atoms. The number of hydrogen-bond donors (Lipinski definition) is 2. The standard InChI is InChI=1S/C27H26BrCl2FN2O7/c28-12-33-24(39)26(29)11-16-13(20(27(26,30)25(33)40)15-5-4-6-17(31)21(15)36)8-9-14-19(16)23(38)32(22(14)37)10-3-1-2-7-18(34)35/h4-6,8,14,16,19-20,36H,1-3,7,9-12H2,(H,34,35)/t14-,16+,19-,20+,26+,27-/m0/s1. The van der Waals surface area contributed by atoms with Crippen LogP contribution in [0, 0.1) is 23.6 Å². The Morgan fingerprint density at radius 3 is 2.45 bits per heavy atom. The first-order chi connectivity index (χ1) is 18.9. The van der Waals surface area contributed by atoms with Gasteiger partial charge in [-0.2, -0.15) is 0 Å². The van der Waals surface area contributed by atoms with E-state index in [9.17, 15) is 33.5 Å². The lowest BCUT2D eigenvalue weighted by atomic mass is 9.56. The van der Waals surface area contributed by atoms with E-state index in [4.69, 9.17) is 28.3 Å². The highest BCUT2D eigenvalue weighted by Crippen LogP contribution is 2.66. The van der Waals surface area contributed by atoms with Crippen molar-refractivity contribution in [2.45, 2.75) is 54.2 Å². The van der Waals surface area contributed by atoms with Crippen LogP contribution in [0.1, 0.15) is 50.0 Å². The van der Waals surface area contributed by atoms with Crippen molar-refractivity contribution in [2.75, 3.05) is 12.0 Å². The van der Waals surface area contributed by atoms with Gasteiger partial charge < -0.3 is 10.2 Å². The van der Waals surface area contributed by atoms with E-state index >= 15 is 0 Å². The van der Waals surface area contributed by atoms with Gasteiger partial charge in [0.1, 0.15) is 0 Å². The van der Waals surface area contributed by atoms with Crippen molar-refractivity contribution >= 4 is 68.7 Å². The highest BCUT2D eigenvalue weighted by molar-refractivity contribution is 9.09. The average Bonchev–Trinajstić information content (AvgIpc) is 3.23. The molecule has 9 nitrogen and oxygen atoms in total. The van der Waals surface area contributed by atoms with E-state index in [-0.39, 0.29) is 42.7 Å². The number of aliphatic carboxylic acids is 1. The summed E-state index contributed by atoms with van der Waals surface area (Å²) in [6, 6.07) is 3.79. The normalized spacial score (nSPS) is 33.1. The number of likely N-dealkylation sites (tertiary alicyclic amines) is 2. The predicted octanol–water partition coefficient (Wildman–Crippen LogP) is 3.89. The number of rotatable bonds is 8. The zero-order valence-corrected chi connectivity index (χ0v) is 24.2. The van der Waals surface area contributed by atoms with E-state index in [0.717, 1.165) is 11.0 Å². The lowest BCUT2D eigenvalue weighted by molar-refractivity contribution is -0.141. The molecule has 2 N–H and O–H groups in total. The first-order valence-corrected chi connectivity index (χ1v) is 14.8. The number of alkyl halides is 3. The fourth-order valence-electron chi connectivity index (χ4n) is 6.87. The lowest BCUT2D eigenvalue weighted by Crippen LogP contribution is -2.60. The summed E-state index contributed by atoms with van der Waals surface area (Å²) in [5, 5.41) is 19.6. The van der Waals surface area contributed by atoms with Crippen LogP contribution in [0.2, 0.25) is 0 Å². The van der Waals surface area contributed by atoms with Gasteiger partial charge in [-0.1, -0.05) is 46.1 Å². The summed E-state index contributed by atoms with van der Waals surface area (Å²) in [7, 11) is 0. The first-order valence-electron chi connectivity index (χ1n) is 12.9. The van der Waals surface area contributed by atoms with E-state index < -0.39 is 68.7 Å². The van der Waals surface area contributed by atoms with Gasteiger partial charge in [0.05, 0.1) is 17.3 Å². The SMILES string of the molecule is O=C(O)CCCCCN1C(=O)[C@H]2[C@H](CC=C3[C@H]2C[C@@]2(Cl)C(=O)N(CBr)C(=O)[C@@]2(Cl)[C@H]3c2cccc(F)c2O)C1=O. The second kappa shape index (κ2) is 10.4. The molecule has 2 heterocycles. The minimum Gasteiger partial charge on any atom is -0.505 e. The van der Waals surface area contributed by atoms with Crippen LogP contribution in [0.3, 0.4) is 0 Å². The number of allylic oxidation sites excluding steroid dienone is 2. The predicted molar refractivity (Wildman–Crippen MR) is 144 cm³/mol. The molecular formula is C27H26BrCl2FN2O7. The molecule has 0 radical (unpaired) electrons. The van der Waals surface area contributed by atoms with Crippen molar-refractivity contribution in [1.82, 2.24) is 9.80 Å². The van der Waals surface area contributed by atoms with E-state index in [0.29, 0.717) is 24.8 Å². The summed E-state index contributed by atoms with van der Waals surface area (Å²) in [5.41, 5.74) is 0.215. The molecule has 6 atom stereocenters. The molecule has 2 aliphatic carbocycles. The smallest absolute Gasteiger partial charge is 0.303 e. The average molecular weight is 660 g/mol. The Bertz CT molecular complexity index is 1360. The zero-order chi connectivity index (χ0) is 29.1. The number of imide groups is 2. The molecule has 0 bridgehead atoms. The van der Waals surface area contributed by atoms with Gasteiger partial charge in [0.25, 0.3) is 11.8 Å². The number of carboxylic acids is 1. The van der Waals surface area contributed by atoms with Gasteiger partial charge in [0.15, 0.2) is 21.3 Å². The molecule has 1 aromatic rings. The number of benzene rings is 1. The summed E-state index contributed by atoms with van der Waals surface area (Å²) in [6.45, 7) is 0.126. The number of phenols is 1. The van der Waals surface area contributed by atoms with E-state index in [2.05, 4.69) is 15.9 Å². The maximum absolute atomic E-state index is 14.6. The molecule has 2 aliphatic heterocycles. The molecule has 214 valence electrons. The Balaban J connectivity index is 1.55. The number of unbranched alkanes of at least 4 members (excludes halogenated alkanes) is 2. The Kier molecular flexibility index (Phi) is 7.54. The Morgan fingerprint density at radius 2 is 1.77 bits per heavy atom. The number of halogens is 4. The molecule has 2 saturated heterocycles. The summed E-state index contributed by atoms with van der Waals surface area (Å²) >= 11 is 17.2. The van der Waals surface area contributed by atoms with Crippen molar-refractivity contribution in [3.63, 3.8) is 0 Å². The Labute approximate surface area is 247 Å². The van der Waals surface area contributed by atoms with Gasteiger partial charge in [-0.3, -0.25) is 33.8 Å². The molecule has 4 amide bonds. The highest BCUT2D eigenvalue weighted by Gasteiger charge is 2.76.